The molecule has 6 heteroatoms. The van der Waals surface area contributed by atoms with Crippen molar-refractivity contribution in [1.82, 2.24) is 0 Å². The number of non-ortho nitro benzene ring substituents is 1. The van der Waals surface area contributed by atoms with Gasteiger partial charge in [0.15, 0.2) is 0 Å². The smallest absolute Gasteiger partial charge is 0.274 e. The predicted octanol–water partition coefficient (Wildman–Crippen LogP) is 3.64. The summed E-state index contributed by atoms with van der Waals surface area (Å²) in [7, 11) is 0. The molecule has 0 amide bonds. The molecular formula is C14H19BrN2O3. The van der Waals surface area contributed by atoms with Crippen molar-refractivity contribution in [2.24, 2.45) is 11.1 Å². The third kappa shape index (κ3) is 2.54. The van der Waals surface area contributed by atoms with Crippen LogP contribution in [-0.4, -0.2) is 17.1 Å². The van der Waals surface area contributed by atoms with Crippen molar-refractivity contribution in [1.29, 1.82) is 0 Å². The molecule has 2 unspecified atom stereocenters. The van der Waals surface area contributed by atoms with Crippen LogP contribution in [0.3, 0.4) is 0 Å². The SMILES string of the molecule is CCC1(CC)C(N)CC1Oc1cc(Br)cc([N+](=O)[O-])c1. The van der Waals surface area contributed by atoms with Gasteiger partial charge in [-0.3, -0.25) is 10.1 Å². The molecule has 0 saturated heterocycles. The molecule has 110 valence electrons. The lowest BCUT2D eigenvalue weighted by atomic mass is 9.59. The Morgan fingerprint density at radius 2 is 2.10 bits per heavy atom. The molecule has 1 saturated carbocycles. The van der Waals surface area contributed by atoms with E-state index in [1.54, 1.807) is 6.07 Å². The number of nitrogens with two attached hydrogens (primary N) is 1. The second kappa shape index (κ2) is 5.69. The Labute approximate surface area is 126 Å². The van der Waals surface area contributed by atoms with Gasteiger partial charge >= 0.3 is 0 Å². The van der Waals surface area contributed by atoms with E-state index >= 15 is 0 Å². The Bertz CT molecular complexity index is 517. The molecule has 1 aliphatic carbocycles. The molecule has 0 radical (unpaired) electrons. The molecule has 1 aromatic rings. The maximum absolute atomic E-state index is 10.9. The van der Waals surface area contributed by atoms with E-state index in [1.165, 1.54) is 12.1 Å². The molecule has 0 aliphatic heterocycles. The van der Waals surface area contributed by atoms with Gasteiger partial charge in [-0.1, -0.05) is 29.8 Å². The average Bonchev–Trinajstić information content (AvgIpc) is 2.39. The van der Waals surface area contributed by atoms with Gasteiger partial charge in [-0.15, -0.1) is 0 Å². The highest BCUT2D eigenvalue weighted by molar-refractivity contribution is 9.10. The zero-order valence-electron chi connectivity index (χ0n) is 11.6. The summed E-state index contributed by atoms with van der Waals surface area (Å²) < 4.78 is 6.62. The molecular weight excluding hydrogens is 324 g/mol. The number of ether oxygens (including phenoxy) is 1. The van der Waals surface area contributed by atoms with E-state index < -0.39 is 4.92 Å². The van der Waals surface area contributed by atoms with Crippen molar-refractivity contribution in [2.75, 3.05) is 0 Å². The molecule has 2 atom stereocenters. The molecule has 1 aromatic carbocycles. The molecule has 0 heterocycles. The van der Waals surface area contributed by atoms with Crippen LogP contribution >= 0.6 is 15.9 Å². The van der Waals surface area contributed by atoms with Gasteiger partial charge in [0.2, 0.25) is 0 Å². The number of benzene rings is 1. The van der Waals surface area contributed by atoms with Crippen molar-refractivity contribution >= 4 is 21.6 Å². The third-order valence-electron chi connectivity index (χ3n) is 4.51. The van der Waals surface area contributed by atoms with E-state index in [0.717, 1.165) is 19.3 Å². The Balaban J connectivity index is 2.21. The lowest BCUT2D eigenvalue weighted by Gasteiger charge is -2.53. The highest BCUT2D eigenvalue weighted by Crippen LogP contribution is 2.48. The van der Waals surface area contributed by atoms with Crippen LogP contribution in [0.15, 0.2) is 22.7 Å². The van der Waals surface area contributed by atoms with E-state index in [0.29, 0.717) is 10.2 Å². The van der Waals surface area contributed by atoms with E-state index in [2.05, 4.69) is 29.8 Å². The van der Waals surface area contributed by atoms with Crippen LogP contribution < -0.4 is 10.5 Å². The van der Waals surface area contributed by atoms with Crippen LogP contribution in [0.5, 0.6) is 5.75 Å². The first-order chi connectivity index (χ1) is 9.42. The summed E-state index contributed by atoms with van der Waals surface area (Å²) in [4.78, 5) is 10.5. The number of hydrogen-bond donors (Lipinski definition) is 1. The number of rotatable bonds is 5. The first-order valence-electron chi connectivity index (χ1n) is 6.80. The van der Waals surface area contributed by atoms with Gasteiger partial charge in [0.1, 0.15) is 11.9 Å². The minimum atomic E-state index is -0.420. The van der Waals surface area contributed by atoms with Crippen molar-refractivity contribution in [3.05, 3.63) is 32.8 Å². The molecule has 0 bridgehead atoms. The molecule has 2 N–H and O–H groups in total. The predicted molar refractivity (Wildman–Crippen MR) is 80.8 cm³/mol. The first kappa shape index (κ1) is 15.3. The highest BCUT2D eigenvalue weighted by Gasteiger charge is 2.52. The second-order valence-electron chi connectivity index (χ2n) is 5.29. The van der Waals surface area contributed by atoms with Crippen LogP contribution in [0.1, 0.15) is 33.1 Å². The van der Waals surface area contributed by atoms with Crippen LogP contribution in [0, 0.1) is 15.5 Å². The lowest BCUT2D eigenvalue weighted by Crippen LogP contribution is -2.62. The standard InChI is InChI=1S/C14H19BrN2O3/c1-3-14(4-2)12(16)8-13(14)20-11-6-9(15)5-10(7-11)17(18)19/h5-7,12-13H,3-4,8,16H2,1-2H3. The summed E-state index contributed by atoms with van der Waals surface area (Å²) in [5.74, 6) is 0.522. The Hall–Kier alpha value is -1.14. The van der Waals surface area contributed by atoms with Crippen molar-refractivity contribution in [3.8, 4) is 5.75 Å². The van der Waals surface area contributed by atoms with E-state index in [9.17, 15) is 10.1 Å². The van der Waals surface area contributed by atoms with Crippen molar-refractivity contribution < 1.29 is 9.66 Å². The second-order valence-corrected chi connectivity index (χ2v) is 6.21. The van der Waals surface area contributed by atoms with E-state index in [-0.39, 0.29) is 23.2 Å². The number of hydrogen-bond acceptors (Lipinski definition) is 4. The molecule has 1 fully saturated rings. The Morgan fingerprint density at radius 1 is 1.45 bits per heavy atom. The fourth-order valence-corrected chi connectivity index (χ4v) is 3.52. The molecule has 0 aromatic heterocycles. The fraction of sp³-hybridized carbons (Fsp3) is 0.571. The zero-order chi connectivity index (χ0) is 14.9. The van der Waals surface area contributed by atoms with Gasteiger partial charge in [-0.05, 0) is 18.9 Å². The fourth-order valence-electron chi connectivity index (χ4n) is 3.06. The molecule has 20 heavy (non-hydrogen) atoms. The van der Waals surface area contributed by atoms with Crippen molar-refractivity contribution in [2.45, 2.75) is 45.3 Å². The lowest BCUT2D eigenvalue weighted by molar-refractivity contribution is -0.385. The molecule has 1 aliphatic rings. The summed E-state index contributed by atoms with van der Waals surface area (Å²) in [6.07, 6.45) is 2.72. The summed E-state index contributed by atoms with van der Waals surface area (Å²) in [5.41, 5.74) is 6.14. The quantitative estimate of drug-likeness (QED) is 0.654. The first-order valence-corrected chi connectivity index (χ1v) is 7.59. The largest absolute Gasteiger partial charge is 0.489 e. The van der Waals surface area contributed by atoms with Gasteiger partial charge < -0.3 is 10.5 Å². The summed E-state index contributed by atoms with van der Waals surface area (Å²) in [6, 6.07) is 4.83. The van der Waals surface area contributed by atoms with Gasteiger partial charge in [0.05, 0.1) is 11.0 Å². The van der Waals surface area contributed by atoms with Gasteiger partial charge in [0, 0.05) is 28.4 Å². The summed E-state index contributed by atoms with van der Waals surface area (Å²) in [6.45, 7) is 4.23. The topological polar surface area (TPSA) is 78.4 Å². The number of nitro groups is 1. The number of halogens is 1. The van der Waals surface area contributed by atoms with Crippen LogP contribution in [0.25, 0.3) is 0 Å². The Kier molecular flexibility index (Phi) is 4.34. The Morgan fingerprint density at radius 3 is 2.60 bits per heavy atom. The minimum Gasteiger partial charge on any atom is -0.489 e. The highest BCUT2D eigenvalue weighted by atomic mass is 79.9. The van der Waals surface area contributed by atoms with Crippen LogP contribution in [-0.2, 0) is 0 Å². The van der Waals surface area contributed by atoms with Gasteiger partial charge in [-0.25, -0.2) is 0 Å². The normalized spacial score (nSPS) is 24.0. The maximum atomic E-state index is 10.9. The molecule has 0 spiro atoms. The third-order valence-corrected chi connectivity index (χ3v) is 4.97. The average molecular weight is 343 g/mol. The zero-order valence-corrected chi connectivity index (χ0v) is 13.2. The minimum absolute atomic E-state index is 0.0168. The molecule has 5 nitrogen and oxygen atoms in total. The van der Waals surface area contributed by atoms with Crippen LogP contribution in [0.2, 0.25) is 0 Å². The number of nitro benzene ring substituents is 1. The van der Waals surface area contributed by atoms with Crippen LogP contribution in [0.4, 0.5) is 5.69 Å². The van der Waals surface area contributed by atoms with E-state index in [1.807, 2.05) is 0 Å². The van der Waals surface area contributed by atoms with E-state index in [4.69, 9.17) is 10.5 Å². The monoisotopic (exact) mass is 342 g/mol. The van der Waals surface area contributed by atoms with Crippen molar-refractivity contribution in [3.63, 3.8) is 0 Å². The van der Waals surface area contributed by atoms with Gasteiger partial charge in [-0.2, -0.15) is 0 Å². The van der Waals surface area contributed by atoms with Gasteiger partial charge in [0.25, 0.3) is 5.69 Å². The molecule has 2 rings (SSSR count). The summed E-state index contributed by atoms with van der Waals surface area (Å²) in [5, 5.41) is 10.9. The maximum Gasteiger partial charge on any atom is 0.274 e. The summed E-state index contributed by atoms with van der Waals surface area (Å²) >= 11 is 3.28. The number of nitrogens with zero attached hydrogens (tertiary/aromatic N) is 1.